The van der Waals surface area contributed by atoms with Gasteiger partial charge in [0.15, 0.2) is 6.73 Å². The van der Waals surface area contributed by atoms with Crippen LogP contribution in [0.3, 0.4) is 0 Å². The van der Waals surface area contributed by atoms with Crippen LogP contribution in [0.25, 0.3) is 11.0 Å². The van der Waals surface area contributed by atoms with Gasteiger partial charge >= 0.3 is 5.97 Å². The molecule has 2 aromatic carbocycles. The fourth-order valence-electron chi connectivity index (χ4n) is 4.39. The van der Waals surface area contributed by atoms with Crippen molar-refractivity contribution in [3.05, 3.63) is 71.0 Å². The third-order valence-electron chi connectivity index (χ3n) is 6.10. The Morgan fingerprint density at radius 1 is 0.969 bits per heavy atom. The molecule has 32 heavy (non-hydrogen) atoms. The molecular formula is C25H23NO5S. The number of nitrogens with zero attached hydrogens (tertiary/aromatic N) is 1. The highest BCUT2D eigenvalue weighted by Crippen LogP contribution is 2.35. The van der Waals surface area contributed by atoms with Gasteiger partial charge in [-0.05, 0) is 31.0 Å². The molecule has 1 aromatic heterocycles. The van der Waals surface area contributed by atoms with Gasteiger partial charge in [0, 0.05) is 22.0 Å². The highest BCUT2D eigenvalue weighted by molar-refractivity contribution is 7.99. The molecule has 0 saturated heterocycles. The quantitative estimate of drug-likeness (QED) is 0.370. The fourth-order valence-corrected chi connectivity index (χ4v) is 5.74. The molecule has 7 heteroatoms. The van der Waals surface area contributed by atoms with E-state index in [9.17, 15) is 14.4 Å². The third-order valence-corrected chi connectivity index (χ3v) is 7.50. The van der Waals surface area contributed by atoms with Crippen molar-refractivity contribution in [1.29, 1.82) is 0 Å². The number of amides is 2. The second-order valence-corrected chi connectivity index (χ2v) is 9.41. The van der Waals surface area contributed by atoms with Gasteiger partial charge in [-0.25, -0.2) is 9.69 Å². The lowest BCUT2D eigenvalue weighted by molar-refractivity contribution is 0.0205. The Bertz CT molecular complexity index is 1160. The number of hydrogen-bond acceptors (Lipinski definition) is 6. The molecule has 2 aliphatic rings. The van der Waals surface area contributed by atoms with Crippen molar-refractivity contribution in [1.82, 2.24) is 4.90 Å². The van der Waals surface area contributed by atoms with Crippen molar-refractivity contribution in [2.24, 2.45) is 0 Å². The van der Waals surface area contributed by atoms with Gasteiger partial charge in [0.2, 0.25) is 5.76 Å². The van der Waals surface area contributed by atoms with E-state index in [4.69, 9.17) is 9.15 Å². The Morgan fingerprint density at radius 2 is 1.62 bits per heavy atom. The largest absolute Gasteiger partial charge is 0.449 e. The van der Waals surface area contributed by atoms with Crippen molar-refractivity contribution in [3.63, 3.8) is 0 Å². The van der Waals surface area contributed by atoms with Gasteiger partial charge in [0.05, 0.1) is 11.1 Å². The molecule has 0 radical (unpaired) electrons. The normalized spacial score (nSPS) is 16.6. The van der Waals surface area contributed by atoms with Crippen LogP contribution in [0.1, 0.15) is 68.9 Å². The van der Waals surface area contributed by atoms with Crippen molar-refractivity contribution in [2.75, 3.05) is 6.73 Å². The lowest BCUT2D eigenvalue weighted by Crippen LogP contribution is -2.33. The van der Waals surface area contributed by atoms with Crippen LogP contribution in [0.2, 0.25) is 0 Å². The number of carbonyl (C=O) groups excluding carboxylic acids is 3. The molecule has 5 rings (SSSR count). The molecule has 1 aliphatic heterocycles. The van der Waals surface area contributed by atoms with E-state index >= 15 is 0 Å². The van der Waals surface area contributed by atoms with Gasteiger partial charge in [-0.2, -0.15) is 11.8 Å². The molecule has 2 heterocycles. The number of ether oxygens (including phenoxy) is 1. The molecule has 0 spiro atoms. The summed E-state index contributed by atoms with van der Waals surface area (Å²) in [7, 11) is 0. The van der Waals surface area contributed by atoms with Crippen LogP contribution >= 0.6 is 11.8 Å². The Kier molecular flexibility index (Phi) is 5.74. The average molecular weight is 450 g/mol. The standard InChI is InChI=1S/C25H23NO5S/c27-23-18-11-4-5-12-19(18)24(28)26(23)15-30-25(29)22-20(14-32-16-8-2-1-3-9-16)17-10-6-7-13-21(17)31-22/h4-7,10-13,16H,1-3,8-9,14-15H2. The van der Waals surface area contributed by atoms with E-state index in [1.807, 2.05) is 36.0 Å². The molecule has 6 nitrogen and oxygen atoms in total. The van der Waals surface area contributed by atoms with Gasteiger partial charge < -0.3 is 9.15 Å². The molecule has 1 aliphatic carbocycles. The van der Waals surface area contributed by atoms with Crippen LogP contribution in [-0.2, 0) is 10.5 Å². The van der Waals surface area contributed by atoms with E-state index in [0.717, 1.165) is 15.8 Å². The number of thioether (sulfide) groups is 1. The van der Waals surface area contributed by atoms with Gasteiger partial charge in [0.1, 0.15) is 5.58 Å². The number of hydrogen-bond donors (Lipinski definition) is 0. The monoisotopic (exact) mass is 449 g/mol. The number of fused-ring (bicyclic) bond motifs is 2. The summed E-state index contributed by atoms with van der Waals surface area (Å²) >= 11 is 1.85. The van der Waals surface area contributed by atoms with E-state index < -0.39 is 24.5 Å². The minimum Gasteiger partial charge on any atom is -0.449 e. The van der Waals surface area contributed by atoms with E-state index in [2.05, 4.69) is 0 Å². The maximum absolute atomic E-state index is 13.0. The average Bonchev–Trinajstić information content (AvgIpc) is 3.32. The molecule has 0 bridgehead atoms. The summed E-state index contributed by atoms with van der Waals surface area (Å²) in [6.45, 7) is -0.447. The molecular weight excluding hydrogens is 426 g/mol. The number of esters is 1. The van der Waals surface area contributed by atoms with Crippen LogP contribution in [0.5, 0.6) is 0 Å². The van der Waals surface area contributed by atoms with E-state index in [1.165, 1.54) is 32.1 Å². The second kappa shape index (κ2) is 8.82. The lowest BCUT2D eigenvalue weighted by Gasteiger charge is -2.20. The zero-order valence-electron chi connectivity index (χ0n) is 17.5. The topological polar surface area (TPSA) is 76.8 Å². The van der Waals surface area contributed by atoms with Crippen LogP contribution < -0.4 is 0 Å². The number of carbonyl (C=O) groups is 3. The second-order valence-electron chi connectivity index (χ2n) is 8.12. The zero-order valence-corrected chi connectivity index (χ0v) is 18.4. The SMILES string of the molecule is O=C(OCN1C(=O)c2ccccc2C1=O)c1oc2ccccc2c1CSC1CCCCC1. The van der Waals surface area contributed by atoms with Gasteiger partial charge in [-0.15, -0.1) is 0 Å². The van der Waals surface area contributed by atoms with Crippen molar-refractivity contribution in [3.8, 4) is 0 Å². The predicted octanol–water partition coefficient (Wildman–Crippen LogP) is 5.41. The molecule has 0 atom stereocenters. The maximum Gasteiger partial charge on any atom is 0.376 e. The lowest BCUT2D eigenvalue weighted by atomic mass is 10.0. The molecule has 1 fully saturated rings. The third kappa shape index (κ3) is 3.81. The molecule has 0 N–H and O–H groups in total. The first kappa shape index (κ1) is 20.8. The van der Waals surface area contributed by atoms with Crippen LogP contribution in [0, 0.1) is 0 Å². The first-order valence-electron chi connectivity index (χ1n) is 10.9. The van der Waals surface area contributed by atoms with Gasteiger partial charge in [-0.1, -0.05) is 49.6 Å². The van der Waals surface area contributed by atoms with Gasteiger partial charge in [-0.3, -0.25) is 9.59 Å². The van der Waals surface area contributed by atoms with Crippen molar-refractivity contribution in [2.45, 2.75) is 43.1 Å². The Morgan fingerprint density at radius 3 is 2.34 bits per heavy atom. The van der Waals surface area contributed by atoms with Crippen LogP contribution in [-0.4, -0.2) is 34.7 Å². The summed E-state index contributed by atoms with van der Waals surface area (Å²) in [5, 5.41) is 1.48. The minimum absolute atomic E-state index is 0.145. The first-order chi connectivity index (χ1) is 15.6. The smallest absolute Gasteiger partial charge is 0.376 e. The predicted molar refractivity (Wildman–Crippen MR) is 122 cm³/mol. The summed E-state index contributed by atoms with van der Waals surface area (Å²) in [5.41, 5.74) is 2.08. The Balaban J connectivity index is 1.33. The summed E-state index contributed by atoms with van der Waals surface area (Å²) in [6, 6.07) is 14.1. The molecule has 3 aromatic rings. The van der Waals surface area contributed by atoms with E-state index in [0.29, 0.717) is 27.7 Å². The van der Waals surface area contributed by atoms with Crippen LogP contribution in [0.4, 0.5) is 0 Å². The van der Waals surface area contributed by atoms with Crippen LogP contribution in [0.15, 0.2) is 52.9 Å². The number of furan rings is 1. The Labute approximate surface area is 189 Å². The van der Waals surface area contributed by atoms with Crippen molar-refractivity contribution >= 4 is 40.5 Å². The molecule has 0 unspecified atom stereocenters. The maximum atomic E-state index is 13.0. The molecule has 2 amide bonds. The summed E-state index contributed by atoms with van der Waals surface area (Å²) in [6.07, 6.45) is 6.18. The van der Waals surface area contributed by atoms with Gasteiger partial charge in [0.25, 0.3) is 11.8 Å². The summed E-state index contributed by atoms with van der Waals surface area (Å²) < 4.78 is 11.2. The summed E-state index contributed by atoms with van der Waals surface area (Å²) in [5.74, 6) is -0.797. The first-order valence-corrected chi connectivity index (χ1v) is 11.9. The van der Waals surface area contributed by atoms with E-state index in [-0.39, 0.29) is 5.76 Å². The minimum atomic E-state index is -0.669. The number of rotatable bonds is 6. The zero-order chi connectivity index (χ0) is 22.1. The number of imide groups is 1. The highest BCUT2D eigenvalue weighted by Gasteiger charge is 2.36. The Hall–Kier alpha value is -3.06. The summed E-state index contributed by atoms with van der Waals surface area (Å²) in [4.78, 5) is 39.0. The number of para-hydroxylation sites is 1. The van der Waals surface area contributed by atoms with E-state index in [1.54, 1.807) is 24.3 Å². The molecule has 1 saturated carbocycles. The highest BCUT2D eigenvalue weighted by atomic mass is 32.2. The number of benzene rings is 2. The molecule has 164 valence electrons. The fraction of sp³-hybridized carbons (Fsp3) is 0.320. The van der Waals surface area contributed by atoms with Crippen molar-refractivity contribution < 1.29 is 23.5 Å².